The molecule has 1 rings (SSSR count). The fourth-order valence-corrected chi connectivity index (χ4v) is 0.930. The molecular weight excluding hydrogens is 244 g/mol. The SMILES string of the molecule is C=C/C=C(C)\C=C/CC.OOS.c1ccccc1. The lowest BCUT2D eigenvalue weighted by molar-refractivity contribution is -0.113. The minimum atomic E-state index is 1.10. The monoisotopic (exact) mass is 266 g/mol. The Morgan fingerprint density at radius 1 is 1.22 bits per heavy atom. The Morgan fingerprint density at radius 3 is 1.89 bits per heavy atom. The second-order valence-electron chi connectivity index (χ2n) is 3.19. The molecule has 0 heterocycles. The van der Waals surface area contributed by atoms with Gasteiger partial charge in [-0.2, -0.15) is 4.33 Å². The third-order valence-corrected chi connectivity index (χ3v) is 1.66. The van der Waals surface area contributed by atoms with Crippen molar-refractivity contribution < 1.29 is 9.59 Å². The first-order valence-corrected chi connectivity index (χ1v) is 6.00. The van der Waals surface area contributed by atoms with Crippen molar-refractivity contribution >= 4 is 12.9 Å². The summed E-state index contributed by atoms with van der Waals surface area (Å²) in [6.07, 6.45) is 9.13. The number of allylic oxidation sites excluding steroid dienone is 5. The van der Waals surface area contributed by atoms with Crippen molar-refractivity contribution in [1.29, 1.82) is 0 Å². The first-order valence-electron chi connectivity index (χ1n) is 5.63. The summed E-state index contributed by atoms with van der Waals surface area (Å²) in [5, 5.41) is 6.93. The van der Waals surface area contributed by atoms with Gasteiger partial charge in [0.05, 0.1) is 0 Å². The van der Waals surface area contributed by atoms with E-state index in [1.807, 2.05) is 42.5 Å². The van der Waals surface area contributed by atoms with Gasteiger partial charge in [0.15, 0.2) is 0 Å². The van der Waals surface area contributed by atoms with E-state index in [-0.39, 0.29) is 0 Å². The molecule has 0 atom stereocenters. The molecule has 0 spiro atoms. The Labute approximate surface area is 116 Å². The van der Waals surface area contributed by atoms with Gasteiger partial charge in [-0.3, -0.25) is 0 Å². The maximum atomic E-state index is 6.93. The highest BCUT2D eigenvalue weighted by molar-refractivity contribution is 7.74. The van der Waals surface area contributed by atoms with Crippen LogP contribution in [0.25, 0.3) is 0 Å². The molecule has 0 fully saturated rings. The predicted molar refractivity (Wildman–Crippen MR) is 82.5 cm³/mol. The molecular formula is C15H22O2S. The van der Waals surface area contributed by atoms with Crippen LogP contribution in [0.5, 0.6) is 0 Å². The molecule has 0 aliphatic heterocycles. The van der Waals surface area contributed by atoms with Crippen molar-refractivity contribution in [2.75, 3.05) is 0 Å². The highest BCUT2D eigenvalue weighted by Crippen LogP contribution is 1.95. The van der Waals surface area contributed by atoms with Gasteiger partial charge in [-0.15, -0.1) is 0 Å². The zero-order valence-corrected chi connectivity index (χ0v) is 11.9. The summed E-state index contributed by atoms with van der Waals surface area (Å²) in [6, 6.07) is 12.0. The number of benzene rings is 1. The van der Waals surface area contributed by atoms with E-state index in [0.717, 1.165) is 6.42 Å². The number of hydrogen-bond acceptors (Lipinski definition) is 3. The van der Waals surface area contributed by atoms with E-state index in [4.69, 9.17) is 5.26 Å². The summed E-state index contributed by atoms with van der Waals surface area (Å²) in [5.74, 6) is 0. The molecule has 1 N–H and O–H groups in total. The molecule has 0 aliphatic rings. The third kappa shape index (κ3) is 20.2. The summed E-state index contributed by atoms with van der Waals surface area (Å²) in [6.45, 7) is 7.78. The molecule has 0 saturated heterocycles. The van der Waals surface area contributed by atoms with E-state index >= 15 is 0 Å². The maximum absolute atomic E-state index is 6.93. The summed E-state index contributed by atoms with van der Waals surface area (Å²) in [5.41, 5.74) is 1.26. The van der Waals surface area contributed by atoms with Gasteiger partial charge >= 0.3 is 0 Å². The van der Waals surface area contributed by atoms with Crippen LogP contribution in [-0.2, 0) is 4.33 Å². The molecule has 2 nitrogen and oxygen atoms in total. The number of rotatable bonds is 3. The molecule has 1 aromatic rings. The molecule has 100 valence electrons. The van der Waals surface area contributed by atoms with Crippen LogP contribution in [0.3, 0.4) is 0 Å². The third-order valence-electron chi connectivity index (χ3n) is 1.66. The summed E-state index contributed by atoms with van der Waals surface area (Å²) in [4.78, 5) is 0. The molecule has 18 heavy (non-hydrogen) atoms. The van der Waals surface area contributed by atoms with Gasteiger partial charge in [-0.1, -0.05) is 79.8 Å². The Hall–Kier alpha value is -1.29. The van der Waals surface area contributed by atoms with E-state index in [2.05, 4.69) is 49.8 Å². The van der Waals surface area contributed by atoms with E-state index in [9.17, 15) is 0 Å². The lowest BCUT2D eigenvalue weighted by Gasteiger charge is -1.84. The average molecular weight is 266 g/mol. The van der Waals surface area contributed by atoms with E-state index < -0.39 is 0 Å². The first-order chi connectivity index (χ1) is 8.72. The second-order valence-corrected chi connectivity index (χ2v) is 3.36. The fraction of sp³-hybridized carbons (Fsp3) is 0.200. The van der Waals surface area contributed by atoms with Crippen molar-refractivity contribution in [1.82, 2.24) is 0 Å². The lowest BCUT2D eigenvalue weighted by Crippen LogP contribution is -1.63. The smallest absolute Gasteiger partial charge is 0.0146 e. The zero-order chi connectivity index (χ0) is 14.1. The zero-order valence-electron chi connectivity index (χ0n) is 11.0. The summed E-state index contributed by atoms with van der Waals surface area (Å²) in [7, 11) is 0. The van der Waals surface area contributed by atoms with E-state index in [0.29, 0.717) is 0 Å². The van der Waals surface area contributed by atoms with Crippen molar-refractivity contribution in [3.8, 4) is 0 Å². The minimum absolute atomic E-state index is 1.10. The Kier molecular flexibility index (Phi) is 19.1. The lowest BCUT2D eigenvalue weighted by atomic mass is 10.2. The van der Waals surface area contributed by atoms with Crippen molar-refractivity contribution in [2.45, 2.75) is 20.3 Å². The molecule has 0 saturated carbocycles. The summed E-state index contributed by atoms with van der Waals surface area (Å²) >= 11 is 2.84. The predicted octanol–water partition coefficient (Wildman–Crippen LogP) is 5.09. The molecule has 3 heteroatoms. The van der Waals surface area contributed by atoms with E-state index in [1.54, 1.807) is 6.08 Å². The highest BCUT2D eigenvalue weighted by atomic mass is 32.1. The molecule has 0 radical (unpaired) electrons. The Morgan fingerprint density at radius 2 is 1.61 bits per heavy atom. The second kappa shape index (κ2) is 18.1. The van der Waals surface area contributed by atoms with Gasteiger partial charge in [0, 0.05) is 12.9 Å². The highest BCUT2D eigenvalue weighted by Gasteiger charge is 1.74. The largest absolute Gasteiger partial charge is 0.240 e. The van der Waals surface area contributed by atoms with Crippen LogP contribution in [0, 0.1) is 0 Å². The maximum Gasteiger partial charge on any atom is 0.0146 e. The van der Waals surface area contributed by atoms with Gasteiger partial charge in [0.25, 0.3) is 0 Å². The van der Waals surface area contributed by atoms with Crippen LogP contribution in [0.1, 0.15) is 20.3 Å². The topological polar surface area (TPSA) is 29.5 Å². The van der Waals surface area contributed by atoms with Gasteiger partial charge < -0.3 is 0 Å². The standard InChI is InChI=1S/C9H14.C6H6.H2O2S/c1-4-6-8-9(3)7-5-2;1-2-4-6-5-3-1;1-2-3/h5-8H,2,4H2,1,3H3;1-6H;1,3H/b8-6-,9-7-;;. The van der Waals surface area contributed by atoms with Crippen molar-refractivity contribution in [2.24, 2.45) is 0 Å². The molecule has 0 bridgehead atoms. The molecule has 0 aliphatic carbocycles. The van der Waals surface area contributed by atoms with Crippen LogP contribution in [0.2, 0.25) is 0 Å². The number of thiol groups is 1. The summed E-state index contributed by atoms with van der Waals surface area (Å²) < 4.78 is 2.94. The first kappa shape index (κ1) is 19.1. The quantitative estimate of drug-likeness (QED) is 0.262. The van der Waals surface area contributed by atoms with Crippen LogP contribution < -0.4 is 0 Å². The molecule has 0 unspecified atom stereocenters. The van der Waals surface area contributed by atoms with Crippen LogP contribution in [0.4, 0.5) is 0 Å². The Balaban J connectivity index is 0. The minimum Gasteiger partial charge on any atom is -0.240 e. The van der Waals surface area contributed by atoms with Gasteiger partial charge in [0.1, 0.15) is 0 Å². The normalized spacial score (nSPS) is 9.89. The van der Waals surface area contributed by atoms with Crippen LogP contribution in [-0.4, -0.2) is 5.26 Å². The van der Waals surface area contributed by atoms with E-state index in [1.165, 1.54) is 5.57 Å². The van der Waals surface area contributed by atoms with Crippen LogP contribution in [0.15, 0.2) is 72.9 Å². The van der Waals surface area contributed by atoms with Crippen LogP contribution >= 0.6 is 12.9 Å². The fourth-order valence-electron chi connectivity index (χ4n) is 0.930. The van der Waals surface area contributed by atoms with Gasteiger partial charge in [-0.05, 0) is 13.3 Å². The van der Waals surface area contributed by atoms with Gasteiger partial charge in [0.2, 0.25) is 0 Å². The average Bonchev–Trinajstić information content (AvgIpc) is 2.40. The van der Waals surface area contributed by atoms with Crippen molar-refractivity contribution in [3.05, 3.63) is 72.9 Å². The molecule has 0 amide bonds. The van der Waals surface area contributed by atoms with Crippen molar-refractivity contribution in [3.63, 3.8) is 0 Å². The molecule has 0 aromatic heterocycles. The molecule has 1 aromatic carbocycles. The Bertz CT molecular complexity index is 292. The van der Waals surface area contributed by atoms with Gasteiger partial charge in [-0.25, -0.2) is 5.26 Å². The number of hydrogen-bond donors (Lipinski definition) is 2.